The number of benzene rings is 1. The lowest BCUT2D eigenvalue weighted by Crippen LogP contribution is -2.31. The normalized spacial score (nSPS) is 11.8. The number of carbonyl (C=O) groups is 2. The molecule has 1 aromatic carbocycles. The van der Waals surface area contributed by atoms with Crippen LogP contribution < -0.4 is 5.32 Å². The van der Waals surface area contributed by atoms with Crippen LogP contribution in [0.1, 0.15) is 29.1 Å². The van der Waals surface area contributed by atoms with Gasteiger partial charge in [-0.1, -0.05) is 17.7 Å². The molecule has 1 amide bonds. The Bertz CT molecular complexity index is 652. The summed E-state index contributed by atoms with van der Waals surface area (Å²) in [7, 11) is 0. The third-order valence-electron chi connectivity index (χ3n) is 2.85. The summed E-state index contributed by atoms with van der Waals surface area (Å²) in [6.45, 7) is 1.17. The summed E-state index contributed by atoms with van der Waals surface area (Å²) in [5, 5.41) is 2.51. The lowest BCUT2D eigenvalue weighted by atomic mass is 10.2. The smallest absolute Gasteiger partial charge is 0.343 e. The third-order valence-corrected chi connectivity index (χ3v) is 3.16. The summed E-state index contributed by atoms with van der Waals surface area (Å²) in [5.41, 5.74) is -0.393. The van der Waals surface area contributed by atoms with E-state index >= 15 is 0 Å². The minimum absolute atomic E-state index is 0.0747. The van der Waals surface area contributed by atoms with Gasteiger partial charge in [-0.25, -0.2) is 9.18 Å². The monoisotopic (exact) mass is 325 g/mol. The maximum Gasteiger partial charge on any atom is 0.343 e. The molecule has 0 fully saturated rings. The first-order valence-electron chi connectivity index (χ1n) is 6.43. The minimum Gasteiger partial charge on any atom is -0.467 e. The zero-order valence-electron chi connectivity index (χ0n) is 11.6. The molecule has 0 aliphatic heterocycles. The van der Waals surface area contributed by atoms with Crippen LogP contribution in [-0.2, 0) is 9.53 Å². The Morgan fingerprint density at radius 3 is 2.77 bits per heavy atom. The van der Waals surface area contributed by atoms with Gasteiger partial charge in [0.25, 0.3) is 5.91 Å². The lowest BCUT2D eigenvalue weighted by Gasteiger charge is -2.12. The number of amides is 1. The van der Waals surface area contributed by atoms with Gasteiger partial charge in [0.05, 0.1) is 17.3 Å². The second-order valence-electron chi connectivity index (χ2n) is 4.48. The predicted octanol–water partition coefficient (Wildman–Crippen LogP) is 3.11. The molecule has 1 aromatic heterocycles. The molecule has 1 atom stereocenters. The van der Waals surface area contributed by atoms with Gasteiger partial charge < -0.3 is 14.5 Å². The lowest BCUT2D eigenvalue weighted by molar-refractivity contribution is -0.125. The third kappa shape index (κ3) is 3.85. The molecule has 0 spiro atoms. The molecule has 2 rings (SSSR count). The van der Waals surface area contributed by atoms with E-state index in [1.165, 1.54) is 18.4 Å². The van der Waals surface area contributed by atoms with Crippen molar-refractivity contribution >= 4 is 23.5 Å². The molecular formula is C15H13ClFNO4. The van der Waals surface area contributed by atoms with Gasteiger partial charge in [0, 0.05) is 0 Å². The second-order valence-corrected chi connectivity index (χ2v) is 4.88. The van der Waals surface area contributed by atoms with E-state index in [2.05, 4.69) is 5.32 Å². The number of halogens is 2. The van der Waals surface area contributed by atoms with Gasteiger partial charge in [-0.05, 0) is 31.2 Å². The maximum absolute atomic E-state index is 13.5. The molecule has 0 radical (unpaired) electrons. The number of carbonyl (C=O) groups excluding carboxylic acids is 2. The van der Waals surface area contributed by atoms with Crippen LogP contribution in [0.2, 0.25) is 5.02 Å². The minimum atomic E-state index is -0.996. The average molecular weight is 326 g/mol. The van der Waals surface area contributed by atoms with Crippen LogP contribution in [0.5, 0.6) is 0 Å². The zero-order chi connectivity index (χ0) is 16.1. The van der Waals surface area contributed by atoms with Crippen molar-refractivity contribution in [1.82, 2.24) is 5.32 Å². The standard InChI is InChI=1S/C15H13ClFNO4/c1-9(12-6-3-7-21-12)18-13(19)8-22-15(20)14-10(16)4-2-5-11(14)17/h2-7,9H,8H2,1H3,(H,18,19)/t9-/m0/s1. The largest absolute Gasteiger partial charge is 0.467 e. The van der Waals surface area contributed by atoms with Crippen molar-refractivity contribution in [3.8, 4) is 0 Å². The first kappa shape index (κ1) is 16.0. The van der Waals surface area contributed by atoms with Crippen LogP contribution in [0.4, 0.5) is 4.39 Å². The van der Waals surface area contributed by atoms with Crippen LogP contribution in [0, 0.1) is 5.82 Å². The molecule has 0 saturated carbocycles. The van der Waals surface area contributed by atoms with Gasteiger partial charge in [0.1, 0.15) is 17.1 Å². The van der Waals surface area contributed by atoms with Gasteiger partial charge in [-0.3, -0.25) is 4.79 Å². The summed E-state index contributed by atoms with van der Waals surface area (Å²) >= 11 is 5.74. The van der Waals surface area contributed by atoms with Crippen LogP contribution >= 0.6 is 11.6 Å². The van der Waals surface area contributed by atoms with Crippen LogP contribution in [-0.4, -0.2) is 18.5 Å². The van der Waals surface area contributed by atoms with Crippen LogP contribution in [0.3, 0.4) is 0 Å². The number of hydrogen-bond donors (Lipinski definition) is 1. The molecule has 7 heteroatoms. The Morgan fingerprint density at radius 1 is 1.36 bits per heavy atom. The molecule has 0 bridgehead atoms. The highest BCUT2D eigenvalue weighted by atomic mass is 35.5. The Morgan fingerprint density at radius 2 is 2.14 bits per heavy atom. The number of esters is 1. The fraction of sp³-hybridized carbons (Fsp3) is 0.200. The second kappa shape index (κ2) is 7.09. The van der Waals surface area contributed by atoms with Gasteiger partial charge >= 0.3 is 5.97 Å². The Hall–Kier alpha value is -2.34. The molecule has 0 aliphatic rings. The summed E-state index contributed by atoms with van der Waals surface area (Å²) in [4.78, 5) is 23.5. The number of ether oxygens (including phenoxy) is 1. The van der Waals surface area contributed by atoms with Crippen molar-refractivity contribution in [3.63, 3.8) is 0 Å². The number of nitrogens with one attached hydrogen (secondary N) is 1. The van der Waals surface area contributed by atoms with Crippen molar-refractivity contribution in [2.24, 2.45) is 0 Å². The van der Waals surface area contributed by atoms with Crippen molar-refractivity contribution in [1.29, 1.82) is 0 Å². The fourth-order valence-corrected chi connectivity index (χ4v) is 2.03. The molecule has 116 valence electrons. The van der Waals surface area contributed by atoms with E-state index in [0.717, 1.165) is 6.07 Å². The van der Waals surface area contributed by atoms with E-state index in [-0.39, 0.29) is 11.1 Å². The molecule has 1 N–H and O–H groups in total. The number of furan rings is 1. The van der Waals surface area contributed by atoms with E-state index in [1.807, 2.05) is 0 Å². The summed E-state index contributed by atoms with van der Waals surface area (Å²) in [6.07, 6.45) is 1.48. The average Bonchev–Trinajstić information content (AvgIpc) is 2.99. The molecule has 0 aliphatic carbocycles. The Balaban J connectivity index is 1.90. The molecule has 2 aromatic rings. The SMILES string of the molecule is C[C@H](NC(=O)COC(=O)c1c(F)cccc1Cl)c1ccco1. The molecule has 22 heavy (non-hydrogen) atoms. The topological polar surface area (TPSA) is 68.5 Å². The summed E-state index contributed by atoms with van der Waals surface area (Å²) < 4.78 is 23.4. The maximum atomic E-state index is 13.5. The van der Waals surface area contributed by atoms with E-state index in [4.69, 9.17) is 20.8 Å². The van der Waals surface area contributed by atoms with Crippen molar-refractivity contribution in [3.05, 3.63) is 58.8 Å². The predicted molar refractivity (Wildman–Crippen MR) is 77.0 cm³/mol. The Kier molecular flexibility index (Phi) is 5.16. The summed E-state index contributed by atoms with van der Waals surface area (Å²) in [5.74, 6) is -1.77. The van der Waals surface area contributed by atoms with Crippen molar-refractivity contribution < 1.29 is 23.1 Å². The molecule has 0 saturated heterocycles. The first-order valence-corrected chi connectivity index (χ1v) is 6.80. The molecule has 5 nitrogen and oxygen atoms in total. The first-order chi connectivity index (χ1) is 10.5. The van der Waals surface area contributed by atoms with E-state index in [9.17, 15) is 14.0 Å². The molecule has 0 unspecified atom stereocenters. The zero-order valence-corrected chi connectivity index (χ0v) is 12.4. The van der Waals surface area contributed by atoms with E-state index in [1.54, 1.807) is 19.1 Å². The van der Waals surface area contributed by atoms with Gasteiger partial charge in [-0.15, -0.1) is 0 Å². The number of rotatable bonds is 5. The highest BCUT2D eigenvalue weighted by molar-refractivity contribution is 6.33. The van der Waals surface area contributed by atoms with Crippen molar-refractivity contribution in [2.75, 3.05) is 6.61 Å². The van der Waals surface area contributed by atoms with Crippen LogP contribution in [0.25, 0.3) is 0 Å². The van der Waals surface area contributed by atoms with Gasteiger partial charge in [0.15, 0.2) is 6.61 Å². The quantitative estimate of drug-likeness (QED) is 0.858. The summed E-state index contributed by atoms with van der Waals surface area (Å²) in [6, 6.07) is 6.83. The fourth-order valence-electron chi connectivity index (χ4n) is 1.79. The molecular weight excluding hydrogens is 313 g/mol. The van der Waals surface area contributed by atoms with E-state index < -0.39 is 29.9 Å². The van der Waals surface area contributed by atoms with E-state index in [0.29, 0.717) is 5.76 Å². The Labute approximate surface area is 131 Å². The highest BCUT2D eigenvalue weighted by Gasteiger charge is 2.19. The van der Waals surface area contributed by atoms with Gasteiger partial charge in [-0.2, -0.15) is 0 Å². The van der Waals surface area contributed by atoms with Crippen molar-refractivity contribution in [2.45, 2.75) is 13.0 Å². The highest BCUT2D eigenvalue weighted by Crippen LogP contribution is 2.19. The number of hydrogen-bond acceptors (Lipinski definition) is 4. The van der Waals surface area contributed by atoms with Crippen LogP contribution in [0.15, 0.2) is 41.0 Å². The molecule has 1 heterocycles. The van der Waals surface area contributed by atoms with Gasteiger partial charge in [0.2, 0.25) is 0 Å².